The maximum absolute atomic E-state index is 13.1. The van der Waals surface area contributed by atoms with E-state index < -0.39 is 17.8 Å². The number of carbonyl (C=O) groups is 1. The molecular weight excluding hydrogens is 195 g/mol. The molecule has 5 heteroatoms. The van der Waals surface area contributed by atoms with Gasteiger partial charge >= 0.3 is 0 Å². The number of halogens is 2. The van der Waals surface area contributed by atoms with Crippen molar-refractivity contribution in [1.82, 2.24) is 0 Å². The molecule has 0 bridgehead atoms. The molecule has 4 N–H and O–H groups in total. The molecule has 13 heavy (non-hydrogen) atoms. The molecule has 1 amide bonds. The van der Waals surface area contributed by atoms with E-state index in [2.05, 4.69) is 0 Å². The highest BCUT2D eigenvalue weighted by Crippen LogP contribution is 2.23. The number of hydrogen-bond donors (Lipinski definition) is 2. The van der Waals surface area contributed by atoms with Crippen molar-refractivity contribution in [2.75, 3.05) is 0 Å². The highest BCUT2D eigenvalue weighted by atomic mass is 35.5. The Kier molecular flexibility index (Phi) is 2.85. The van der Waals surface area contributed by atoms with Crippen molar-refractivity contribution in [1.29, 1.82) is 0 Å². The molecule has 70 valence electrons. The number of hydrogen-bond acceptors (Lipinski definition) is 2. The third-order valence-electron chi connectivity index (χ3n) is 1.62. The van der Waals surface area contributed by atoms with Crippen LogP contribution in [0.4, 0.5) is 4.39 Å². The predicted molar refractivity (Wildman–Crippen MR) is 47.5 cm³/mol. The van der Waals surface area contributed by atoms with Crippen LogP contribution in [0.3, 0.4) is 0 Å². The van der Waals surface area contributed by atoms with Gasteiger partial charge in [-0.15, -0.1) is 0 Å². The lowest BCUT2D eigenvalue weighted by Gasteiger charge is -2.10. The van der Waals surface area contributed by atoms with Crippen LogP contribution < -0.4 is 11.5 Å². The summed E-state index contributed by atoms with van der Waals surface area (Å²) in [6, 6.07) is 2.84. The summed E-state index contributed by atoms with van der Waals surface area (Å²) in [5.41, 5.74) is 10.2. The number of primary amides is 1. The van der Waals surface area contributed by atoms with Gasteiger partial charge in [0.25, 0.3) is 0 Å². The minimum Gasteiger partial charge on any atom is -0.368 e. The summed E-state index contributed by atoms with van der Waals surface area (Å²) < 4.78 is 13.1. The molecule has 0 fully saturated rings. The second kappa shape index (κ2) is 3.72. The molecule has 0 aliphatic rings. The van der Waals surface area contributed by atoms with Gasteiger partial charge in [-0.2, -0.15) is 0 Å². The summed E-state index contributed by atoms with van der Waals surface area (Å²) in [5.74, 6) is -1.44. The first-order chi connectivity index (χ1) is 6.04. The number of nitrogens with two attached hydrogens (primary N) is 2. The van der Waals surface area contributed by atoms with E-state index in [9.17, 15) is 9.18 Å². The number of carbonyl (C=O) groups excluding carboxylic acids is 1. The zero-order valence-corrected chi connectivity index (χ0v) is 7.38. The van der Waals surface area contributed by atoms with Crippen LogP contribution in [0.25, 0.3) is 0 Å². The Labute approximate surface area is 79.5 Å². The predicted octanol–water partition coefficient (Wildman–Crippen LogP) is 0.964. The van der Waals surface area contributed by atoms with Gasteiger partial charge < -0.3 is 11.5 Å². The number of amides is 1. The molecular formula is C8H8ClFN2O. The Hall–Kier alpha value is -1.13. The van der Waals surface area contributed by atoms with E-state index >= 15 is 0 Å². The number of rotatable bonds is 2. The van der Waals surface area contributed by atoms with Crippen LogP contribution in [0.15, 0.2) is 18.2 Å². The molecule has 1 unspecified atom stereocenters. The summed E-state index contributed by atoms with van der Waals surface area (Å²) in [4.78, 5) is 10.7. The SMILES string of the molecule is NC(=O)C(N)c1c(F)cccc1Cl. The third-order valence-corrected chi connectivity index (χ3v) is 1.95. The fraction of sp³-hybridized carbons (Fsp3) is 0.125. The van der Waals surface area contributed by atoms with Gasteiger partial charge in [-0.1, -0.05) is 17.7 Å². The highest BCUT2D eigenvalue weighted by molar-refractivity contribution is 6.31. The van der Waals surface area contributed by atoms with Crippen molar-refractivity contribution in [2.24, 2.45) is 11.5 Å². The van der Waals surface area contributed by atoms with Gasteiger partial charge in [0.15, 0.2) is 0 Å². The molecule has 1 rings (SSSR count). The van der Waals surface area contributed by atoms with Crippen molar-refractivity contribution < 1.29 is 9.18 Å². The monoisotopic (exact) mass is 202 g/mol. The molecule has 0 saturated heterocycles. The second-order valence-corrected chi connectivity index (χ2v) is 2.92. The molecule has 1 atom stereocenters. The zero-order valence-electron chi connectivity index (χ0n) is 6.63. The Balaban J connectivity index is 3.20. The summed E-state index contributed by atoms with van der Waals surface area (Å²) >= 11 is 5.64. The van der Waals surface area contributed by atoms with Gasteiger partial charge in [0.2, 0.25) is 5.91 Å². The van der Waals surface area contributed by atoms with E-state index in [1.807, 2.05) is 0 Å². The normalized spacial score (nSPS) is 12.5. The average Bonchev–Trinajstić information content (AvgIpc) is 2.03. The lowest BCUT2D eigenvalue weighted by molar-refractivity contribution is -0.119. The molecule has 0 aliphatic heterocycles. The maximum atomic E-state index is 13.1. The van der Waals surface area contributed by atoms with Gasteiger partial charge in [0.1, 0.15) is 11.9 Å². The topological polar surface area (TPSA) is 69.1 Å². The van der Waals surface area contributed by atoms with Crippen LogP contribution in [0, 0.1) is 5.82 Å². The van der Waals surface area contributed by atoms with Crippen molar-refractivity contribution in [3.05, 3.63) is 34.6 Å². The molecule has 0 saturated carbocycles. The van der Waals surface area contributed by atoms with Crippen LogP contribution in [-0.2, 0) is 4.79 Å². The van der Waals surface area contributed by atoms with Crippen LogP contribution in [-0.4, -0.2) is 5.91 Å². The third kappa shape index (κ3) is 1.96. The van der Waals surface area contributed by atoms with E-state index in [4.69, 9.17) is 23.1 Å². The first-order valence-corrected chi connectivity index (χ1v) is 3.90. The summed E-state index contributed by atoms with van der Waals surface area (Å²) in [7, 11) is 0. The van der Waals surface area contributed by atoms with Crippen molar-refractivity contribution in [3.63, 3.8) is 0 Å². The van der Waals surface area contributed by atoms with Crippen molar-refractivity contribution in [3.8, 4) is 0 Å². The largest absolute Gasteiger partial charge is 0.368 e. The van der Waals surface area contributed by atoms with E-state index in [1.54, 1.807) is 0 Å². The van der Waals surface area contributed by atoms with E-state index in [0.717, 1.165) is 0 Å². The highest BCUT2D eigenvalue weighted by Gasteiger charge is 2.19. The summed E-state index contributed by atoms with van der Waals surface area (Å²) in [6.07, 6.45) is 0. The summed E-state index contributed by atoms with van der Waals surface area (Å²) in [6.45, 7) is 0. The Bertz CT molecular complexity index is 323. The average molecular weight is 203 g/mol. The van der Waals surface area contributed by atoms with Gasteiger partial charge in [-0.05, 0) is 12.1 Å². The van der Waals surface area contributed by atoms with E-state index in [-0.39, 0.29) is 10.6 Å². The van der Waals surface area contributed by atoms with Crippen molar-refractivity contribution in [2.45, 2.75) is 6.04 Å². The van der Waals surface area contributed by atoms with E-state index in [0.29, 0.717) is 0 Å². The minimum absolute atomic E-state index is 0.0586. The quantitative estimate of drug-likeness (QED) is 0.750. The van der Waals surface area contributed by atoms with Gasteiger partial charge in [0, 0.05) is 10.6 Å². The fourth-order valence-electron chi connectivity index (χ4n) is 0.950. The lowest BCUT2D eigenvalue weighted by Crippen LogP contribution is -2.29. The maximum Gasteiger partial charge on any atom is 0.239 e. The molecule has 3 nitrogen and oxygen atoms in total. The Morgan fingerprint density at radius 2 is 2.15 bits per heavy atom. The minimum atomic E-state index is -1.20. The molecule has 0 aromatic heterocycles. The molecule has 0 aliphatic carbocycles. The van der Waals surface area contributed by atoms with Crippen LogP contribution in [0.2, 0.25) is 5.02 Å². The molecule has 0 radical (unpaired) electrons. The first-order valence-electron chi connectivity index (χ1n) is 3.53. The Morgan fingerprint density at radius 3 is 2.62 bits per heavy atom. The molecule has 0 heterocycles. The zero-order chi connectivity index (χ0) is 10.0. The summed E-state index contributed by atoms with van der Waals surface area (Å²) in [5, 5.41) is 0.103. The molecule has 0 spiro atoms. The Morgan fingerprint density at radius 1 is 1.54 bits per heavy atom. The standard InChI is InChI=1S/C8H8ClFN2O/c9-4-2-1-3-5(10)6(4)7(11)8(12)13/h1-3,7H,11H2,(H2,12,13). The van der Waals surface area contributed by atoms with Gasteiger partial charge in [-0.3, -0.25) is 4.79 Å². The lowest BCUT2D eigenvalue weighted by atomic mass is 10.1. The number of benzene rings is 1. The smallest absolute Gasteiger partial charge is 0.239 e. The molecule has 1 aromatic carbocycles. The first kappa shape index (κ1) is 9.95. The van der Waals surface area contributed by atoms with Crippen LogP contribution >= 0.6 is 11.6 Å². The fourth-order valence-corrected chi connectivity index (χ4v) is 1.23. The van der Waals surface area contributed by atoms with Crippen molar-refractivity contribution >= 4 is 17.5 Å². The van der Waals surface area contributed by atoms with Gasteiger partial charge in [-0.25, -0.2) is 4.39 Å². The second-order valence-electron chi connectivity index (χ2n) is 2.52. The van der Waals surface area contributed by atoms with Crippen LogP contribution in [0.5, 0.6) is 0 Å². The van der Waals surface area contributed by atoms with E-state index in [1.165, 1.54) is 18.2 Å². The molecule has 1 aromatic rings. The van der Waals surface area contributed by atoms with Gasteiger partial charge in [0.05, 0.1) is 0 Å². The van der Waals surface area contributed by atoms with Crippen LogP contribution in [0.1, 0.15) is 11.6 Å².